The Kier molecular flexibility index (Phi) is 3.58. The summed E-state index contributed by atoms with van der Waals surface area (Å²) in [6.45, 7) is 1.69. The van der Waals surface area contributed by atoms with Gasteiger partial charge in [0.2, 0.25) is 0 Å². The van der Waals surface area contributed by atoms with Gasteiger partial charge in [-0.3, -0.25) is 4.79 Å². The highest BCUT2D eigenvalue weighted by molar-refractivity contribution is 7.22. The van der Waals surface area contributed by atoms with Crippen LogP contribution in [-0.2, 0) is 4.74 Å². The smallest absolute Gasteiger partial charge is 0.250 e. The molecule has 1 saturated heterocycles. The molecule has 5 nitrogen and oxygen atoms in total. The maximum absolute atomic E-state index is 11.5. The van der Waals surface area contributed by atoms with Gasteiger partial charge in [0.1, 0.15) is 0 Å². The van der Waals surface area contributed by atoms with E-state index < -0.39 is 5.91 Å². The van der Waals surface area contributed by atoms with Crippen LogP contribution in [0.25, 0.3) is 10.2 Å². The number of ether oxygens (including phenoxy) is 1. The monoisotopic (exact) mass is 291 g/mol. The molecule has 1 unspecified atom stereocenters. The summed E-state index contributed by atoms with van der Waals surface area (Å²) in [5.41, 5.74) is 6.61. The number of nitrogens with two attached hydrogens (primary N) is 1. The number of aromatic nitrogens is 1. The fourth-order valence-electron chi connectivity index (χ4n) is 2.71. The van der Waals surface area contributed by atoms with Gasteiger partial charge in [0.05, 0.1) is 28.4 Å². The number of para-hydroxylation sites is 1. The van der Waals surface area contributed by atoms with Crippen LogP contribution in [0.2, 0.25) is 0 Å². The summed E-state index contributed by atoms with van der Waals surface area (Å²) in [6.07, 6.45) is 2.26. The number of fused-ring (bicyclic) bond motifs is 1. The summed E-state index contributed by atoms with van der Waals surface area (Å²) in [5, 5.41) is 0.952. The van der Waals surface area contributed by atoms with Crippen molar-refractivity contribution in [3.05, 3.63) is 23.8 Å². The largest absolute Gasteiger partial charge is 0.383 e. The molecule has 1 aliphatic rings. The van der Waals surface area contributed by atoms with Gasteiger partial charge < -0.3 is 15.4 Å². The van der Waals surface area contributed by atoms with Crippen LogP contribution in [0.4, 0.5) is 5.13 Å². The van der Waals surface area contributed by atoms with E-state index in [4.69, 9.17) is 10.5 Å². The van der Waals surface area contributed by atoms with Crippen LogP contribution in [-0.4, -0.2) is 37.2 Å². The van der Waals surface area contributed by atoms with Crippen molar-refractivity contribution in [2.24, 2.45) is 5.73 Å². The molecule has 0 aliphatic carbocycles. The molecule has 1 atom stereocenters. The molecule has 3 rings (SSSR count). The first-order chi connectivity index (χ1) is 9.70. The lowest BCUT2D eigenvalue weighted by molar-refractivity contribution is 0.100. The zero-order valence-electron chi connectivity index (χ0n) is 11.3. The van der Waals surface area contributed by atoms with Gasteiger partial charge in [0.15, 0.2) is 5.13 Å². The van der Waals surface area contributed by atoms with E-state index in [-0.39, 0.29) is 0 Å². The molecule has 1 aliphatic heterocycles. The second kappa shape index (κ2) is 5.38. The van der Waals surface area contributed by atoms with Gasteiger partial charge in [-0.15, -0.1) is 0 Å². The Morgan fingerprint density at radius 2 is 2.45 bits per heavy atom. The van der Waals surface area contributed by atoms with Gasteiger partial charge >= 0.3 is 0 Å². The maximum atomic E-state index is 11.5. The van der Waals surface area contributed by atoms with E-state index in [0.29, 0.717) is 23.7 Å². The Bertz CT molecular complexity index is 640. The van der Waals surface area contributed by atoms with Gasteiger partial charge in [-0.2, -0.15) is 0 Å². The summed E-state index contributed by atoms with van der Waals surface area (Å²) in [5.74, 6) is -0.428. The standard InChI is InChI=1S/C14H17N3O2S/c1-19-8-9-4-3-7-17(9)14-16-12-10(13(15)18)5-2-6-11(12)20-14/h2,5-6,9H,3-4,7-8H2,1H3,(H2,15,18). The molecular weight excluding hydrogens is 274 g/mol. The van der Waals surface area contributed by atoms with Crippen molar-refractivity contribution in [2.45, 2.75) is 18.9 Å². The topological polar surface area (TPSA) is 68.4 Å². The van der Waals surface area contributed by atoms with Crippen molar-refractivity contribution in [3.63, 3.8) is 0 Å². The van der Waals surface area contributed by atoms with Gasteiger partial charge in [0, 0.05) is 13.7 Å². The summed E-state index contributed by atoms with van der Waals surface area (Å²) in [6, 6.07) is 5.92. The van der Waals surface area contributed by atoms with Crippen molar-refractivity contribution in [1.82, 2.24) is 4.98 Å². The molecule has 20 heavy (non-hydrogen) atoms. The molecule has 106 valence electrons. The van der Waals surface area contributed by atoms with Gasteiger partial charge in [-0.25, -0.2) is 4.98 Å². The lowest BCUT2D eigenvalue weighted by Crippen LogP contribution is -2.32. The summed E-state index contributed by atoms with van der Waals surface area (Å²) < 4.78 is 6.27. The number of primary amides is 1. The first-order valence-electron chi connectivity index (χ1n) is 6.65. The number of rotatable bonds is 4. The Balaban J connectivity index is 2.00. The Labute approximate surface area is 121 Å². The number of hydrogen-bond donors (Lipinski definition) is 1. The van der Waals surface area contributed by atoms with E-state index >= 15 is 0 Å². The van der Waals surface area contributed by atoms with Gasteiger partial charge in [-0.05, 0) is 25.0 Å². The SMILES string of the molecule is COCC1CCCN1c1nc2c(C(N)=O)cccc2s1. The normalized spacial score (nSPS) is 18.9. The first kappa shape index (κ1) is 13.3. The molecule has 1 aromatic heterocycles. The lowest BCUT2D eigenvalue weighted by Gasteiger charge is -2.22. The molecule has 1 fully saturated rings. The van der Waals surface area contributed by atoms with E-state index in [0.717, 1.165) is 29.2 Å². The minimum atomic E-state index is -0.428. The van der Waals surface area contributed by atoms with Crippen molar-refractivity contribution in [1.29, 1.82) is 0 Å². The number of carbonyl (C=O) groups is 1. The maximum Gasteiger partial charge on any atom is 0.250 e. The highest BCUT2D eigenvalue weighted by Crippen LogP contribution is 2.34. The number of anilines is 1. The fraction of sp³-hybridized carbons (Fsp3) is 0.429. The second-order valence-corrected chi connectivity index (χ2v) is 5.97. The molecule has 0 saturated carbocycles. The fourth-order valence-corrected chi connectivity index (χ4v) is 3.80. The second-order valence-electron chi connectivity index (χ2n) is 4.96. The number of amides is 1. The molecule has 2 heterocycles. The van der Waals surface area contributed by atoms with Crippen molar-refractivity contribution >= 4 is 32.6 Å². The molecule has 2 aromatic rings. The van der Waals surface area contributed by atoms with Crippen LogP contribution < -0.4 is 10.6 Å². The van der Waals surface area contributed by atoms with Crippen LogP contribution in [0.15, 0.2) is 18.2 Å². The zero-order valence-corrected chi connectivity index (χ0v) is 12.2. The Morgan fingerprint density at radius 1 is 1.60 bits per heavy atom. The average Bonchev–Trinajstić information content (AvgIpc) is 3.03. The van der Waals surface area contributed by atoms with Crippen LogP contribution in [0.1, 0.15) is 23.2 Å². The first-order valence-corrected chi connectivity index (χ1v) is 7.47. The third-order valence-electron chi connectivity index (χ3n) is 3.66. The molecule has 2 N–H and O–H groups in total. The predicted molar refractivity (Wildman–Crippen MR) is 80.4 cm³/mol. The van der Waals surface area contributed by atoms with E-state index in [1.807, 2.05) is 12.1 Å². The molecular formula is C14H17N3O2S. The highest BCUT2D eigenvalue weighted by Gasteiger charge is 2.27. The summed E-state index contributed by atoms with van der Waals surface area (Å²) >= 11 is 1.61. The lowest BCUT2D eigenvalue weighted by atomic mass is 10.2. The molecule has 1 aromatic carbocycles. The number of methoxy groups -OCH3 is 1. The highest BCUT2D eigenvalue weighted by atomic mass is 32.1. The predicted octanol–water partition coefficient (Wildman–Crippen LogP) is 2.01. The van der Waals surface area contributed by atoms with Gasteiger partial charge in [-0.1, -0.05) is 17.4 Å². The van der Waals surface area contributed by atoms with Gasteiger partial charge in [0.25, 0.3) is 5.91 Å². The molecule has 0 bridgehead atoms. The van der Waals surface area contributed by atoms with Crippen molar-refractivity contribution in [3.8, 4) is 0 Å². The third kappa shape index (κ3) is 2.25. The Morgan fingerprint density at radius 3 is 3.20 bits per heavy atom. The van der Waals surface area contributed by atoms with Crippen molar-refractivity contribution in [2.75, 3.05) is 25.2 Å². The molecule has 0 radical (unpaired) electrons. The van der Waals surface area contributed by atoms with Crippen molar-refractivity contribution < 1.29 is 9.53 Å². The van der Waals surface area contributed by atoms with E-state index in [2.05, 4.69) is 9.88 Å². The van der Waals surface area contributed by atoms with Crippen LogP contribution >= 0.6 is 11.3 Å². The number of hydrogen-bond acceptors (Lipinski definition) is 5. The summed E-state index contributed by atoms with van der Waals surface area (Å²) in [4.78, 5) is 18.4. The van der Waals surface area contributed by atoms with Crippen LogP contribution in [0.3, 0.4) is 0 Å². The van der Waals surface area contributed by atoms with Crippen LogP contribution in [0, 0.1) is 0 Å². The Hall–Kier alpha value is -1.66. The molecule has 0 spiro atoms. The van der Waals surface area contributed by atoms with E-state index in [9.17, 15) is 4.79 Å². The third-order valence-corrected chi connectivity index (χ3v) is 4.71. The average molecular weight is 291 g/mol. The number of thiazole rings is 1. The minimum Gasteiger partial charge on any atom is -0.383 e. The number of carbonyl (C=O) groups excluding carboxylic acids is 1. The zero-order chi connectivity index (χ0) is 14.1. The quantitative estimate of drug-likeness (QED) is 0.935. The summed E-state index contributed by atoms with van der Waals surface area (Å²) in [7, 11) is 1.72. The number of benzene rings is 1. The minimum absolute atomic E-state index is 0.373. The number of nitrogens with zero attached hydrogens (tertiary/aromatic N) is 2. The van der Waals surface area contributed by atoms with E-state index in [1.54, 1.807) is 24.5 Å². The van der Waals surface area contributed by atoms with Crippen LogP contribution in [0.5, 0.6) is 0 Å². The van der Waals surface area contributed by atoms with E-state index in [1.165, 1.54) is 0 Å². The molecule has 1 amide bonds. The molecule has 6 heteroatoms.